The Balaban J connectivity index is 1.43. The van der Waals surface area contributed by atoms with E-state index in [0.717, 1.165) is 40.5 Å². The normalized spacial score (nSPS) is 20.5. The number of carbonyl (C=O) groups excluding carboxylic acids is 2. The molecule has 3 aliphatic rings. The number of ether oxygens (including phenoxy) is 2. The van der Waals surface area contributed by atoms with Crippen LogP contribution in [0.25, 0.3) is 32.6 Å². The number of rotatable bonds is 8. The molecule has 4 aromatic rings. The maximum atomic E-state index is 16.1. The van der Waals surface area contributed by atoms with Crippen LogP contribution in [-0.4, -0.2) is 88.4 Å². The summed E-state index contributed by atoms with van der Waals surface area (Å²) in [5, 5.41) is 7.72. The average Bonchev–Trinajstić information content (AvgIpc) is 3.77. The molecule has 6 heterocycles. The molecule has 0 aliphatic carbocycles. The van der Waals surface area contributed by atoms with Crippen molar-refractivity contribution >= 4 is 39.1 Å². The number of benzene rings is 1. The first-order chi connectivity index (χ1) is 22.7. The molecule has 0 saturated carbocycles. The molecule has 2 fully saturated rings. The minimum atomic E-state index is -0.781. The van der Waals surface area contributed by atoms with Gasteiger partial charge in [0.25, 0.3) is 0 Å². The van der Waals surface area contributed by atoms with E-state index in [4.69, 9.17) is 19.6 Å². The number of methoxy groups -OCH3 is 1. The third kappa shape index (κ3) is 5.35. The van der Waals surface area contributed by atoms with Crippen LogP contribution in [0.15, 0.2) is 42.3 Å². The number of pyridine rings is 1. The third-order valence-electron chi connectivity index (χ3n) is 9.51. The SMILES string of the molecule is C=CC(=O)N1CCn2nc(-c3nc(N4CC5CCC(C4)N5C(C)=O)c4ccsc4c3-c3c(F)cc(F)cc3OCCOC)cc2C1C. The predicted molar refractivity (Wildman–Crippen MR) is 175 cm³/mol. The molecule has 3 aliphatic heterocycles. The first-order valence-electron chi connectivity index (χ1n) is 15.8. The van der Waals surface area contributed by atoms with Crippen molar-refractivity contribution in [2.45, 2.75) is 51.4 Å². The number of nitrogens with zero attached hydrogens (tertiary/aromatic N) is 6. The van der Waals surface area contributed by atoms with Crippen molar-refractivity contribution in [2.24, 2.45) is 0 Å². The van der Waals surface area contributed by atoms with Gasteiger partial charge in [0.1, 0.15) is 41.2 Å². The minimum Gasteiger partial charge on any atom is -0.490 e. The monoisotopic (exact) mass is 662 g/mol. The number of amides is 2. The van der Waals surface area contributed by atoms with Crippen molar-refractivity contribution in [3.63, 3.8) is 0 Å². The molecule has 10 nitrogen and oxygen atoms in total. The summed E-state index contributed by atoms with van der Waals surface area (Å²) in [5.41, 5.74) is 2.28. The van der Waals surface area contributed by atoms with Gasteiger partial charge in [-0.25, -0.2) is 13.8 Å². The average molecular weight is 663 g/mol. The molecule has 47 heavy (non-hydrogen) atoms. The number of carbonyl (C=O) groups is 2. The van der Waals surface area contributed by atoms with Gasteiger partial charge in [0.05, 0.1) is 30.5 Å². The molecule has 3 atom stereocenters. The van der Waals surface area contributed by atoms with Crippen LogP contribution in [-0.2, 0) is 20.9 Å². The standard InChI is InChI=1S/C34H36F2N6O4S/c1-5-29(44)40-9-10-41-27(19(40)2)16-26(38-41)32-31(30-25(36)14-21(35)15-28(30)46-12-11-45-4)33-24(8-13-47-33)34(37-32)39-17-22-6-7-23(18-39)42(22)20(3)43/h5,8,13-16,19,22-23H,1,6-7,9-12,17-18H2,2-4H3. The number of hydrogen-bond donors (Lipinski definition) is 0. The molecule has 13 heteroatoms. The summed E-state index contributed by atoms with van der Waals surface area (Å²) in [6, 6.07) is 5.78. The van der Waals surface area contributed by atoms with Crippen molar-refractivity contribution < 1.29 is 27.8 Å². The second kappa shape index (κ2) is 12.3. The molecule has 2 saturated heterocycles. The number of piperazine rings is 1. The molecule has 1 aromatic carbocycles. The number of hydrogen-bond acceptors (Lipinski definition) is 8. The lowest BCUT2D eigenvalue weighted by molar-refractivity contribution is -0.132. The largest absolute Gasteiger partial charge is 0.490 e. The first-order valence-corrected chi connectivity index (χ1v) is 16.7. The summed E-state index contributed by atoms with van der Waals surface area (Å²) < 4.78 is 44.4. The molecule has 7 rings (SSSR count). The molecule has 2 amide bonds. The lowest BCUT2D eigenvalue weighted by Crippen LogP contribution is -2.55. The summed E-state index contributed by atoms with van der Waals surface area (Å²) >= 11 is 1.44. The van der Waals surface area contributed by atoms with Gasteiger partial charge in [-0.1, -0.05) is 6.58 Å². The van der Waals surface area contributed by atoms with Gasteiger partial charge in [-0.3, -0.25) is 14.3 Å². The number of halogens is 2. The van der Waals surface area contributed by atoms with Crippen LogP contribution in [0.5, 0.6) is 5.75 Å². The fourth-order valence-electron chi connectivity index (χ4n) is 7.43. The van der Waals surface area contributed by atoms with Gasteiger partial charge in [0.2, 0.25) is 11.8 Å². The van der Waals surface area contributed by atoms with Gasteiger partial charge in [0.15, 0.2) is 0 Å². The van der Waals surface area contributed by atoms with Crippen LogP contribution in [0, 0.1) is 11.6 Å². The van der Waals surface area contributed by atoms with E-state index in [9.17, 15) is 14.0 Å². The smallest absolute Gasteiger partial charge is 0.246 e. The van der Waals surface area contributed by atoms with Crippen LogP contribution in [0.1, 0.15) is 38.4 Å². The Morgan fingerprint density at radius 3 is 2.57 bits per heavy atom. The summed E-state index contributed by atoms with van der Waals surface area (Å²) in [4.78, 5) is 36.3. The van der Waals surface area contributed by atoms with Crippen LogP contribution in [0.2, 0.25) is 0 Å². The molecular formula is C34H36F2N6O4S. The quantitative estimate of drug-likeness (QED) is 0.184. The van der Waals surface area contributed by atoms with Crippen molar-refractivity contribution in [1.29, 1.82) is 0 Å². The van der Waals surface area contributed by atoms with Gasteiger partial charge in [-0.2, -0.15) is 5.10 Å². The van der Waals surface area contributed by atoms with Crippen LogP contribution < -0.4 is 9.64 Å². The van der Waals surface area contributed by atoms with E-state index in [1.165, 1.54) is 30.6 Å². The molecule has 0 N–H and O–H groups in total. The number of anilines is 1. The lowest BCUT2D eigenvalue weighted by Gasteiger charge is -2.41. The highest BCUT2D eigenvalue weighted by atomic mass is 32.1. The topological polar surface area (TPSA) is 93.0 Å². The second-order valence-electron chi connectivity index (χ2n) is 12.2. The van der Waals surface area contributed by atoms with E-state index in [1.807, 2.05) is 34.0 Å². The van der Waals surface area contributed by atoms with Gasteiger partial charge < -0.3 is 24.2 Å². The fraction of sp³-hybridized carbons (Fsp3) is 0.412. The molecular weight excluding hydrogens is 626 g/mol. The Hall–Kier alpha value is -4.36. The zero-order valence-electron chi connectivity index (χ0n) is 26.5. The van der Waals surface area contributed by atoms with Gasteiger partial charge in [0, 0.05) is 73.5 Å². The van der Waals surface area contributed by atoms with Crippen molar-refractivity contribution in [1.82, 2.24) is 24.6 Å². The molecule has 0 radical (unpaired) electrons. The Bertz CT molecular complexity index is 1880. The maximum Gasteiger partial charge on any atom is 0.246 e. The van der Waals surface area contributed by atoms with Crippen molar-refractivity contribution in [2.75, 3.05) is 44.9 Å². The second-order valence-corrected chi connectivity index (χ2v) is 13.1. The molecule has 246 valence electrons. The maximum absolute atomic E-state index is 16.1. The number of thiophene rings is 1. The van der Waals surface area contributed by atoms with Crippen molar-refractivity contribution in [3.8, 4) is 28.3 Å². The van der Waals surface area contributed by atoms with Gasteiger partial charge in [-0.15, -0.1) is 11.3 Å². The fourth-order valence-corrected chi connectivity index (χ4v) is 8.38. The van der Waals surface area contributed by atoms with E-state index in [1.54, 1.807) is 11.8 Å². The van der Waals surface area contributed by atoms with Gasteiger partial charge in [-0.05, 0) is 43.4 Å². The van der Waals surface area contributed by atoms with Crippen LogP contribution in [0.3, 0.4) is 0 Å². The third-order valence-corrected chi connectivity index (χ3v) is 10.4. The molecule has 2 bridgehead atoms. The molecule has 0 spiro atoms. The number of fused-ring (bicyclic) bond motifs is 4. The summed E-state index contributed by atoms with van der Waals surface area (Å²) in [5.74, 6) is -0.861. The van der Waals surface area contributed by atoms with Crippen LogP contribution >= 0.6 is 11.3 Å². The molecule has 3 aromatic heterocycles. The van der Waals surface area contributed by atoms with E-state index in [0.29, 0.717) is 43.1 Å². The Labute approximate surface area is 275 Å². The van der Waals surface area contributed by atoms with E-state index >= 15 is 4.39 Å². The predicted octanol–water partition coefficient (Wildman–Crippen LogP) is 5.42. The highest BCUT2D eigenvalue weighted by Crippen LogP contribution is 2.48. The zero-order valence-corrected chi connectivity index (χ0v) is 27.4. The van der Waals surface area contributed by atoms with E-state index < -0.39 is 11.6 Å². The Morgan fingerprint density at radius 1 is 1.11 bits per heavy atom. The Kier molecular flexibility index (Phi) is 8.21. The Morgan fingerprint density at radius 2 is 1.87 bits per heavy atom. The lowest BCUT2D eigenvalue weighted by atomic mass is 9.98. The minimum absolute atomic E-state index is 0.0401. The highest BCUT2D eigenvalue weighted by Gasteiger charge is 2.42. The molecule has 3 unspecified atom stereocenters. The summed E-state index contributed by atoms with van der Waals surface area (Å²) in [6.45, 7) is 9.71. The first kappa shape index (κ1) is 31.3. The number of aromatic nitrogens is 3. The van der Waals surface area contributed by atoms with Gasteiger partial charge >= 0.3 is 0 Å². The van der Waals surface area contributed by atoms with E-state index in [2.05, 4.69) is 11.5 Å². The zero-order chi connectivity index (χ0) is 33.0. The van der Waals surface area contributed by atoms with E-state index in [-0.39, 0.29) is 54.5 Å². The van der Waals surface area contributed by atoms with Crippen LogP contribution in [0.4, 0.5) is 14.6 Å². The highest BCUT2D eigenvalue weighted by molar-refractivity contribution is 7.18. The van der Waals surface area contributed by atoms with Crippen molar-refractivity contribution in [3.05, 3.63) is 59.6 Å². The summed E-state index contributed by atoms with van der Waals surface area (Å²) in [7, 11) is 1.53. The summed E-state index contributed by atoms with van der Waals surface area (Å²) in [6.07, 6.45) is 3.15.